The summed E-state index contributed by atoms with van der Waals surface area (Å²) in [5.74, 6) is 0. The average molecular weight is 239 g/mol. The predicted molar refractivity (Wildman–Crippen MR) is 76.6 cm³/mol. The summed E-state index contributed by atoms with van der Waals surface area (Å²) in [6.07, 6.45) is 16.9. The Kier molecular flexibility index (Phi) is 12.7. The first kappa shape index (κ1) is 16.2. The van der Waals surface area contributed by atoms with E-state index < -0.39 is 0 Å². The van der Waals surface area contributed by atoms with Gasteiger partial charge in [0.05, 0.1) is 0 Å². The molecule has 0 bridgehead atoms. The van der Waals surface area contributed by atoms with Gasteiger partial charge in [-0.2, -0.15) is 0 Å². The molecular weight excluding hydrogens is 210 g/mol. The van der Waals surface area contributed by atoms with Crippen molar-refractivity contribution in [3.05, 3.63) is 17.4 Å². The Labute approximate surface area is 107 Å². The predicted octanol–water partition coefficient (Wildman–Crippen LogP) is 4.67. The number of hydrogen-bond donors (Lipinski definition) is 0. The van der Waals surface area contributed by atoms with Crippen LogP contribution in [0.3, 0.4) is 0 Å². The van der Waals surface area contributed by atoms with Crippen molar-refractivity contribution in [2.75, 3.05) is 6.54 Å². The van der Waals surface area contributed by atoms with E-state index in [0.29, 0.717) is 6.54 Å². The summed E-state index contributed by atoms with van der Waals surface area (Å²) < 4.78 is 1.06. The van der Waals surface area contributed by atoms with Crippen LogP contribution in [0.15, 0.2) is 12.2 Å². The van der Waals surface area contributed by atoms with Crippen molar-refractivity contribution in [2.24, 2.45) is 0 Å². The first-order chi connectivity index (χ1) is 8.31. The quantitative estimate of drug-likeness (QED) is 0.128. The molecule has 17 heavy (non-hydrogen) atoms. The second-order valence-corrected chi connectivity index (χ2v) is 4.57. The molecule has 100 valence electrons. The summed E-state index contributed by atoms with van der Waals surface area (Å²) in [5.41, 5.74) is 0. The van der Waals surface area contributed by atoms with Crippen molar-refractivity contribution in [3.8, 4) is 0 Å². The van der Waals surface area contributed by atoms with E-state index in [2.05, 4.69) is 19.1 Å². The number of unbranched alkanes of at least 4 members (excludes halogenated alkanes) is 6. The molecule has 0 aromatic rings. The molecule has 0 heterocycles. The lowest BCUT2D eigenvalue weighted by atomic mass is 10.1. The second-order valence-electron chi connectivity index (χ2n) is 4.57. The van der Waals surface area contributed by atoms with Gasteiger partial charge in [-0.1, -0.05) is 45.3 Å². The highest BCUT2D eigenvalue weighted by atomic mass is 16.5. The minimum Gasteiger partial charge on any atom is -0.624 e. The molecule has 0 aromatic heterocycles. The van der Waals surface area contributed by atoms with Crippen molar-refractivity contribution in [3.63, 3.8) is 0 Å². The summed E-state index contributed by atoms with van der Waals surface area (Å²) >= 11 is 0. The van der Waals surface area contributed by atoms with Crippen LogP contribution in [0.2, 0.25) is 0 Å². The Morgan fingerprint density at radius 2 is 1.53 bits per heavy atom. The van der Waals surface area contributed by atoms with Crippen LogP contribution in [0, 0.1) is 5.21 Å². The van der Waals surface area contributed by atoms with Crippen LogP contribution in [0.5, 0.6) is 0 Å². The minimum atomic E-state index is 0.632. The molecular formula is C15H29NO. The molecule has 0 atom stereocenters. The number of rotatable bonds is 11. The topological polar surface area (TPSA) is 26.1 Å². The average Bonchev–Trinajstić information content (AvgIpc) is 2.32. The second kappa shape index (κ2) is 13.3. The van der Waals surface area contributed by atoms with Crippen LogP contribution in [-0.4, -0.2) is 17.5 Å². The maximum atomic E-state index is 11.1. The fourth-order valence-electron chi connectivity index (χ4n) is 1.71. The van der Waals surface area contributed by atoms with Gasteiger partial charge >= 0.3 is 0 Å². The molecule has 0 N–H and O–H groups in total. The van der Waals surface area contributed by atoms with Gasteiger partial charge in [0.15, 0.2) is 12.8 Å². The summed E-state index contributed by atoms with van der Waals surface area (Å²) in [5, 5.41) is 11.1. The molecule has 2 heteroatoms. The van der Waals surface area contributed by atoms with E-state index in [-0.39, 0.29) is 0 Å². The molecule has 0 spiro atoms. The molecule has 0 fully saturated rings. The Morgan fingerprint density at radius 1 is 0.824 bits per heavy atom. The van der Waals surface area contributed by atoms with Crippen LogP contribution < -0.4 is 0 Å². The molecule has 2 nitrogen and oxygen atoms in total. The highest BCUT2D eigenvalue weighted by molar-refractivity contribution is 5.51. The van der Waals surface area contributed by atoms with Gasteiger partial charge in [0.2, 0.25) is 0 Å². The van der Waals surface area contributed by atoms with Gasteiger partial charge in [0.25, 0.3) is 0 Å². The van der Waals surface area contributed by atoms with E-state index >= 15 is 0 Å². The third-order valence-corrected chi connectivity index (χ3v) is 2.74. The first-order valence-corrected chi connectivity index (χ1v) is 7.23. The van der Waals surface area contributed by atoms with Gasteiger partial charge in [0.1, 0.15) is 0 Å². The third kappa shape index (κ3) is 13.1. The fraction of sp³-hybridized carbons (Fsp3) is 0.800. The number of hydroxylamine groups is 1. The van der Waals surface area contributed by atoms with E-state index in [1.807, 2.05) is 6.92 Å². The van der Waals surface area contributed by atoms with Crippen molar-refractivity contribution >= 4 is 6.21 Å². The van der Waals surface area contributed by atoms with Gasteiger partial charge < -0.3 is 5.21 Å². The maximum Gasteiger partial charge on any atom is 0.152 e. The fourth-order valence-corrected chi connectivity index (χ4v) is 1.71. The third-order valence-electron chi connectivity index (χ3n) is 2.74. The number of nitrogens with zero attached hydrogens (tertiary/aromatic N) is 1. The van der Waals surface area contributed by atoms with Gasteiger partial charge in [-0.05, 0) is 25.7 Å². The standard InChI is InChI=1S/C15H29NO/c1-3-5-6-7-8-9-10-11-12-13-15-16(17)14-4-2/h9-10,15H,3-8,11-14H2,1-2H3/b10-9+,16-15-. The Morgan fingerprint density at radius 3 is 2.18 bits per heavy atom. The lowest BCUT2D eigenvalue weighted by molar-refractivity contribution is -0.453. The number of hydrogen-bond acceptors (Lipinski definition) is 1. The van der Waals surface area contributed by atoms with E-state index in [4.69, 9.17) is 0 Å². The molecule has 0 rings (SSSR count). The van der Waals surface area contributed by atoms with Gasteiger partial charge in [-0.15, -0.1) is 0 Å². The van der Waals surface area contributed by atoms with Crippen LogP contribution in [0.25, 0.3) is 0 Å². The Hall–Kier alpha value is -0.790. The van der Waals surface area contributed by atoms with E-state index in [0.717, 1.165) is 30.4 Å². The summed E-state index contributed by atoms with van der Waals surface area (Å²) in [4.78, 5) is 0. The Balaban J connectivity index is 3.27. The largest absolute Gasteiger partial charge is 0.624 e. The lowest BCUT2D eigenvalue weighted by Crippen LogP contribution is -2.05. The van der Waals surface area contributed by atoms with Gasteiger partial charge in [-0.25, -0.2) is 4.74 Å². The molecule has 0 amide bonds. The van der Waals surface area contributed by atoms with E-state index in [9.17, 15) is 5.21 Å². The minimum absolute atomic E-state index is 0.632. The molecule has 0 saturated carbocycles. The van der Waals surface area contributed by atoms with Crippen molar-refractivity contribution < 1.29 is 4.74 Å². The zero-order valence-electron chi connectivity index (χ0n) is 11.7. The number of allylic oxidation sites excluding steroid dienone is 2. The zero-order chi connectivity index (χ0) is 12.8. The van der Waals surface area contributed by atoms with Crippen molar-refractivity contribution in [2.45, 2.75) is 71.6 Å². The lowest BCUT2D eigenvalue weighted by Gasteiger charge is -2.00. The molecule has 0 aromatic carbocycles. The van der Waals surface area contributed by atoms with Crippen LogP contribution >= 0.6 is 0 Å². The van der Waals surface area contributed by atoms with Crippen LogP contribution in [0.1, 0.15) is 71.6 Å². The normalized spacial score (nSPS) is 12.5. The summed E-state index contributed by atoms with van der Waals surface area (Å²) in [6, 6.07) is 0. The van der Waals surface area contributed by atoms with Crippen LogP contribution in [0.4, 0.5) is 0 Å². The summed E-state index contributed by atoms with van der Waals surface area (Å²) in [6.45, 7) is 4.90. The molecule has 0 aliphatic heterocycles. The Bertz CT molecular complexity index is 209. The monoisotopic (exact) mass is 239 g/mol. The smallest absolute Gasteiger partial charge is 0.152 e. The van der Waals surface area contributed by atoms with Crippen molar-refractivity contribution in [1.29, 1.82) is 0 Å². The zero-order valence-corrected chi connectivity index (χ0v) is 11.7. The maximum absolute atomic E-state index is 11.1. The molecule has 0 aliphatic rings. The first-order valence-electron chi connectivity index (χ1n) is 7.23. The highest BCUT2D eigenvalue weighted by Crippen LogP contribution is 2.04. The molecule has 0 saturated heterocycles. The SMILES string of the molecule is CCCCCC/C=C/CCC/C=[N+](\[O-])CCC. The molecule has 0 unspecified atom stereocenters. The molecule has 0 aliphatic carbocycles. The van der Waals surface area contributed by atoms with E-state index in [1.165, 1.54) is 32.1 Å². The van der Waals surface area contributed by atoms with Gasteiger partial charge in [0, 0.05) is 12.8 Å². The van der Waals surface area contributed by atoms with Crippen LogP contribution in [-0.2, 0) is 0 Å². The summed E-state index contributed by atoms with van der Waals surface area (Å²) in [7, 11) is 0. The molecule has 0 radical (unpaired) electrons. The highest BCUT2D eigenvalue weighted by Gasteiger charge is 1.90. The van der Waals surface area contributed by atoms with E-state index in [1.54, 1.807) is 6.21 Å². The van der Waals surface area contributed by atoms with Gasteiger partial charge in [-0.3, -0.25) is 0 Å². The van der Waals surface area contributed by atoms with Crippen molar-refractivity contribution in [1.82, 2.24) is 0 Å².